The molecular formula is C16H17ClFNO. The molecule has 0 atom stereocenters. The number of hydrogen-bond acceptors (Lipinski definition) is 2. The molecule has 2 aromatic rings. The van der Waals surface area contributed by atoms with Gasteiger partial charge in [-0.1, -0.05) is 24.6 Å². The highest BCUT2D eigenvalue weighted by Gasteiger charge is 2.08. The lowest BCUT2D eigenvalue weighted by molar-refractivity contribution is 0.467. The summed E-state index contributed by atoms with van der Waals surface area (Å²) in [6, 6.07) is 9.99. The Hall–Kier alpha value is -1.58. The third-order valence-corrected chi connectivity index (χ3v) is 3.19. The lowest BCUT2D eigenvalue weighted by Crippen LogP contribution is -2.12. The van der Waals surface area contributed by atoms with Gasteiger partial charge in [0.05, 0.1) is 0 Å². The van der Waals surface area contributed by atoms with Crippen LogP contribution in [0.5, 0.6) is 11.5 Å². The van der Waals surface area contributed by atoms with Crippen LogP contribution in [-0.4, -0.2) is 6.54 Å². The molecule has 4 heteroatoms. The van der Waals surface area contributed by atoms with Crippen molar-refractivity contribution in [3.05, 3.63) is 58.4 Å². The van der Waals surface area contributed by atoms with E-state index in [2.05, 4.69) is 5.32 Å². The average molecular weight is 294 g/mol. The molecule has 0 saturated carbocycles. The zero-order valence-corrected chi connectivity index (χ0v) is 12.3. The van der Waals surface area contributed by atoms with Crippen LogP contribution in [0.15, 0.2) is 36.4 Å². The van der Waals surface area contributed by atoms with Crippen LogP contribution in [0.3, 0.4) is 0 Å². The van der Waals surface area contributed by atoms with Crippen molar-refractivity contribution in [2.24, 2.45) is 0 Å². The fourth-order valence-electron chi connectivity index (χ4n) is 1.85. The molecule has 0 heterocycles. The number of hydrogen-bond donors (Lipinski definition) is 1. The number of rotatable bonds is 5. The molecule has 0 aliphatic carbocycles. The summed E-state index contributed by atoms with van der Waals surface area (Å²) in [7, 11) is 0. The van der Waals surface area contributed by atoms with E-state index in [4.69, 9.17) is 16.3 Å². The fraction of sp³-hybridized carbons (Fsp3) is 0.250. The quantitative estimate of drug-likeness (QED) is 0.863. The Labute approximate surface area is 123 Å². The van der Waals surface area contributed by atoms with Gasteiger partial charge >= 0.3 is 0 Å². The molecule has 0 unspecified atom stereocenters. The second-order valence-electron chi connectivity index (χ2n) is 4.54. The second kappa shape index (κ2) is 6.73. The van der Waals surface area contributed by atoms with Gasteiger partial charge in [-0.2, -0.15) is 0 Å². The zero-order chi connectivity index (χ0) is 14.5. The third kappa shape index (κ3) is 3.71. The predicted molar refractivity (Wildman–Crippen MR) is 80.0 cm³/mol. The van der Waals surface area contributed by atoms with E-state index < -0.39 is 0 Å². The summed E-state index contributed by atoms with van der Waals surface area (Å²) in [6.07, 6.45) is 0. The van der Waals surface area contributed by atoms with Crippen molar-refractivity contribution >= 4 is 11.6 Å². The average Bonchev–Trinajstić information content (AvgIpc) is 2.43. The summed E-state index contributed by atoms with van der Waals surface area (Å²) in [4.78, 5) is 0. The standard InChI is InChI=1S/C16H17ClFNO/c1-3-19-10-12-8-14(18)6-7-15(12)20-16-9-13(17)5-4-11(16)2/h4-9,19H,3,10H2,1-2H3. The van der Waals surface area contributed by atoms with Crippen molar-refractivity contribution < 1.29 is 9.13 Å². The minimum Gasteiger partial charge on any atom is -0.457 e. The molecule has 20 heavy (non-hydrogen) atoms. The van der Waals surface area contributed by atoms with Crippen LogP contribution in [0.4, 0.5) is 4.39 Å². The maximum Gasteiger partial charge on any atom is 0.132 e. The van der Waals surface area contributed by atoms with Crippen molar-refractivity contribution in [1.29, 1.82) is 0 Å². The molecule has 0 bridgehead atoms. The number of aryl methyl sites for hydroxylation is 1. The lowest BCUT2D eigenvalue weighted by Gasteiger charge is -2.13. The molecule has 1 N–H and O–H groups in total. The van der Waals surface area contributed by atoms with Gasteiger partial charge in [0.15, 0.2) is 0 Å². The maximum absolute atomic E-state index is 13.4. The zero-order valence-electron chi connectivity index (χ0n) is 11.5. The van der Waals surface area contributed by atoms with Crippen LogP contribution in [0.2, 0.25) is 5.02 Å². The van der Waals surface area contributed by atoms with E-state index in [9.17, 15) is 4.39 Å². The van der Waals surface area contributed by atoms with E-state index in [1.807, 2.05) is 26.0 Å². The Balaban J connectivity index is 2.30. The van der Waals surface area contributed by atoms with Gasteiger partial charge in [0.2, 0.25) is 0 Å². The summed E-state index contributed by atoms with van der Waals surface area (Å²) in [5, 5.41) is 3.78. The first kappa shape index (κ1) is 14.8. The van der Waals surface area contributed by atoms with Crippen molar-refractivity contribution in [3.8, 4) is 11.5 Å². The normalized spacial score (nSPS) is 10.6. The molecular weight excluding hydrogens is 277 g/mol. The van der Waals surface area contributed by atoms with Gasteiger partial charge < -0.3 is 10.1 Å². The number of benzene rings is 2. The van der Waals surface area contributed by atoms with Crippen LogP contribution in [0.25, 0.3) is 0 Å². The molecule has 0 spiro atoms. The van der Waals surface area contributed by atoms with Crippen molar-refractivity contribution in [2.75, 3.05) is 6.54 Å². The predicted octanol–water partition coefficient (Wildman–Crippen LogP) is 4.69. The van der Waals surface area contributed by atoms with Crippen molar-refractivity contribution in [2.45, 2.75) is 20.4 Å². The van der Waals surface area contributed by atoms with Crippen LogP contribution < -0.4 is 10.1 Å². The highest BCUT2D eigenvalue weighted by molar-refractivity contribution is 6.30. The Morgan fingerprint density at radius 1 is 1.15 bits per heavy atom. The van der Waals surface area contributed by atoms with Crippen molar-refractivity contribution in [1.82, 2.24) is 5.32 Å². The third-order valence-electron chi connectivity index (χ3n) is 2.96. The first-order chi connectivity index (χ1) is 9.60. The van der Waals surface area contributed by atoms with Crippen molar-refractivity contribution in [3.63, 3.8) is 0 Å². The van der Waals surface area contributed by atoms with Gasteiger partial charge in [-0.3, -0.25) is 0 Å². The topological polar surface area (TPSA) is 21.3 Å². The monoisotopic (exact) mass is 293 g/mol. The number of nitrogens with one attached hydrogen (secondary N) is 1. The molecule has 0 amide bonds. The van der Waals surface area contributed by atoms with E-state index in [1.165, 1.54) is 12.1 Å². The SMILES string of the molecule is CCNCc1cc(F)ccc1Oc1cc(Cl)ccc1C. The molecule has 0 aliphatic rings. The van der Waals surface area contributed by atoms with Gasteiger partial charge in [-0.25, -0.2) is 4.39 Å². The van der Waals surface area contributed by atoms with E-state index in [0.29, 0.717) is 23.1 Å². The highest BCUT2D eigenvalue weighted by Crippen LogP contribution is 2.30. The summed E-state index contributed by atoms with van der Waals surface area (Å²) < 4.78 is 19.2. The summed E-state index contributed by atoms with van der Waals surface area (Å²) in [5.41, 5.74) is 1.76. The molecule has 0 aliphatic heterocycles. The molecule has 0 fully saturated rings. The number of ether oxygens (including phenoxy) is 1. The molecule has 0 radical (unpaired) electrons. The molecule has 2 rings (SSSR count). The molecule has 2 aromatic carbocycles. The van der Waals surface area contributed by atoms with Crippen LogP contribution >= 0.6 is 11.6 Å². The molecule has 0 aromatic heterocycles. The Morgan fingerprint density at radius 3 is 2.70 bits per heavy atom. The maximum atomic E-state index is 13.4. The Bertz CT molecular complexity index is 601. The molecule has 106 valence electrons. The second-order valence-corrected chi connectivity index (χ2v) is 4.98. The van der Waals surface area contributed by atoms with Crippen LogP contribution in [0.1, 0.15) is 18.1 Å². The summed E-state index contributed by atoms with van der Waals surface area (Å²) in [5.74, 6) is 1.05. The van der Waals surface area contributed by atoms with Crippen LogP contribution in [-0.2, 0) is 6.54 Å². The fourth-order valence-corrected chi connectivity index (χ4v) is 2.01. The number of halogens is 2. The smallest absolute Gasteiger partial charge is 0.132 e. The van der Waals surface area contributed by atoms with Crippen LogP contribution in [0, 0.1) is 12.7 Å². The Kier molecular flexibility index (Phi) is 4.99. The van der Waals surface area contributed by atoms with E-state index in [1.54, 1.807) is 12.1 Å². The first-order valence-electron chi connectivity index (χ1n) is 6.53. The van der Waals surface area contributed by atoms with E-state index >= 15 is 0 Å². The highest BCUT2D eigenvalue weighted by atomic mass is 35.5. The Morgan fingerprint density at radius 2 is 1.95 bits per heavy atom. The molecule has 0 saturated heterocycles. The minimum absolute atomic E-state index is 0.270. The molecule has 2 nitrogen and oxygen atoms in total. The van der Waals surface area contributed by atoms with Gasteiger partial charge in [0.25, 0.3) is 0 Å². The van der Waals surface area contributed by atoms with Gasteiger partial charge in [0.1, 0.15) is 17.3 Å². The largest absolute Gasteiger partial charge is 0.457 e. The van der Waals surface area contributed by atoms with E-state index in [0.717, 1.165) is 17.7 Å². The van der Waals surface area contributed by atoms with E-state index in [-0.39, 0.29) is 5.82 Å². The summed E-state index contributed by atoms with van der Waals surface area (Å²) >= 11 is 5.98. The van der Waals surface area contributed by atoms with Gasteiger partial charge in [0, 0.05) is 17.1 Å². The minimum atomic E-state index is -0.270. The lowest BCUT2D eigenvalue weighted by atomic mass is 10.2. The first-order valence-corrected chi connectivity index (χ1v) is 6.91. The van der Waals surface area contributed by atoms with Gasteiger partial charge in [-0.05, 0) is 49.4 Å². The van der Waals surface area contributed by atoms with Gasteiger partial charge in [-0.15, -0.1) is 0 Å². The summed E-state index contributed by atoms with van der Waals surface area (Å²) in [6.45, 7) is 5.31.